The summed E-state index contributed by atoms with van der Waals surface area (Å²) < 4.78 is 10.5. The molecule has 0 aromatic rings. The molecule has 1 unspecified atom stereocenters. The van der Waals surface area contributed by atoms with Crippen molar-refractivity contribution in [3.63, 3.8) is 0 Å². The maximum atomic E-state index is 11.9. The molecule has 1 atom stereocenters. The van der Waals surface area contributed by atoms with Gasteiger partial charge in [0.15, 0.2) is 6.23 Å². The summed E-state index contributed by atoms with van der Waals surface area (Å²) in [7, 11) is 0. The highest BCUT2D eigenvalue weighted by Crippen LogP contribution is 2.18. The number of unbranched alkanes of at least 4 members (excludes halogenated alkanes) is 12. The van der Waals surface area contributed by atoms with E-state index in [0.717, 1.165) is 57.8 Å². The third-order valence-electron chi connectivity index (χ3n) is 6.31. The minimum Gasteiger partial charge on any atom is -0.465 e. The molecule has 0 radical (unpaired) electrons. The Labute approximate surface area is 211 Å². The van der Waals surface area contributed by atoms with Crippen LogP contribution in [0, 0.1) is 0 Å². The zero-order valence-electron chi connectivity index (χ0n) is 21.9. The van der Waals surface area contributed by atoms with Crippen LogP contribution in [0.2, 0.25) is 0 Å². The van der Waals surface area contributed by atoms with E-state index < -0.39 is 18.4 Å². The lowest BCUT2D eigenvalue weighted by molar-refractivity contribution is -0.0245. The van der Waals surface area contributed by atoms with Crippen LogP contribution in [-0.4, -0.2) is 60.8 Å². The molecule has 35 heavy (non-hydrogen) atoms. The summed E-state index contributed by atoms with van der Waals surface area (Å²) in [5.74, 6) is 0. The van der Waals surface area contributed by atoms with Crippen molar-refractivity contribution in [1.29, 1.82) is 0 Å². The van der Waals surface area contributed by atoms with E-state index in [-0.39, 0.29) is 6.09 Å². The van der Waals surface area contributed by atoms with Crippen molar-refractivity contribution < 1.29 is 29.0 Å². The maximum Gasteiger partial charge on any atom is 0.410 e. The summed E-state index contributed by atoms with van der Waals surface area (Å²) in [6.07, 6.45) is 15.4. The van der Waals surface area contributed by atoms with Crippen molar-refractivity contribution in [2.45, 2.75) is 122 Å². The van der Waals surface area contributed by atoms with Crippen molar-refractivity contribution in [1.82, 2.24) is 15.5 Å². The number of carboxylic acid groups (broad SMARTS) is 1. The fourth-order valence-corrected chi connectivity index (χ4v) is 4.20. The monoisotopic (exact) mass is 499 g/mol. The molecule has 0 aromatic heterocycles. The molecule has 1 rings (SSSR count). The van der Waals surface area contributed by atoms with Crippen LogP contribution in [0.5, 0.6) is 0 Å². The van der Waals surface area contributed by atoms with E-state index in [1.54, 1.807) is 0 Å². The van der Waals surface area contributed by atoms with Crippen LogP contribution in [0.25, 0.3) is 0 Å². The number of alkyl carbamates (subject to hydrolysis) is 2. The number of nitrogens with zero attached hydrogens (tertiary/aromatic N) is 1. The number of rotatable bonds is 19. The molecule has 1 heterocycles. The largest absolute Gasteiger partial charge is 0.465 e. The van der Waals surface area contributed by atoms with Crippen molar-refractivity contribution in [3.05, 3.63) is 0 Å². The molecular formula is C26H49N3O6. The van der Waals surface area contributed by atoms with Gasteiger partial charge in [-0.25, -0.2) is 14.4 Å². The van der Waals surface area contributed by atoms with Gasteiger partial charge in [-0.1, -0.05) is 77.6 Å². The van der Waals surface area contributed by atoms with Crippen molar-refractivity contribution in [2.75, 3.05) is 26.2 Å². The van der Waals surface area contributed by atoms with Crippen LogP contribution in [0.3, 0.4) is 0 Å². The van der Waals surface area contributed by atoms with Gasteiger partial charge < -0.3 is 25.2 Å². The molecule has 9 nitrogen and oxygen atoms in total. The molecule has 1 fully saturated rings. The zero-order chi connectivity index (χ0) is 25.6. The van der Waals surface area contributed by atoms with E-state index >= 15 is 0 Å². The third kappa shape index (κ3) is 17.0. The summed E-state index contributed by atoms with van der Waals surface area (Å²) in [4.78, 5) is 35.9. The van der Waals surface area contributed by atoms with E-state index in [9.17, 15) is 19.5 Å². The average molecular weight is 500 g/mol. The van der Waals surface area contributed by atoms with E-state index in [2.05, 4.69) is 17.6 Å². The Morgan fingerprint density at radius 3 is 1.91 bits per heavy atom. The summed E-state index contributed by atoms with van der Waals surface area (Å²) in [6, 6.07) is 0. The predicted octanol–water partition coefficient (Wildman–Crippen LogP) is 6.41. The maximum absolute atomic E-state index is 11.9. The van der Waals surface area contributed by atoms with Gasteiger partial charge in [-0.2, -0.15) is 0 Å². The van der Waals surface area contributed by atoms with E-state index in [4.69, 9.17) is 9.47 Å². The SMILES string of the molecule is CCCCCCNC(=O)OCCCCCCCCCCCCNC(=O)OC1CCCCN1C(=O)O. The normalized spacial score (nSPS) is 15.5. The van der Waals surface area contributed by atoms with Gasteiger partial charge in [0.25, 0.3) is 0 Å². The molecule has 1 saturated heterocycles. The van der Waals surface area contributed by atoms with Gasteiger partial charge >= 0.3 is 18.3 Å². The summed E-state index contributed by atoms with van der Waals surface area (Å²) in [6.45, 7) is 4.35. The fourth-order valence-electron chi connectivity index (χ4n) is 4.20. The minimum atomic E-state index is -1.04. The lowest BCUT2D eigenvalue weighted by Gasteiger charge is -2.32. The molecule has 3 N–H and O–H groups in total. The van der Waals surface area contributed by atoms with Gasteiger partial charge in [0.1, 0.15) is 0 Å². The summed E-state index contributed by atoms with van der Waals surface area (Å²) >= 11 is 0. The van der Waals surface area contributed by atoms with Crippen LogP contribution < -0.4 is 10.6 Å². The lowest BCUT2D eigenvalue weighted by Crippen LogP contribution is -2.46. The van der Waals surface area contributed by atoms with Gasteiger partial charge in [-0.05, 0) is 32.1 Å². The Morgan fingerprint density at radius 1 is 0.771 bits per heavy atom. The van der Waals surface area contributed by atoms with Gasteiger partial charge in [0.05, 0.1) is 6.61 Å². The Hall–Kier alpha value is -2.19. The van der Waals surface area contributed by atoms with Gasteiger partial charge in [0, 0.05) is 26.1 Å². The number of amides is 3. The highest BCUT2D eigenvalue weighted by molar-refractivity contribution is 5.69. The first-order chi connectivity index (χ1) is 17.0. The average Bonchev–Trinajstić information content (AvgIpc) is 2.84. The zero-order valence-corrected chi connectivity index (χ0v) is 21.9. The Kier molecular flexibility index (Phi) is 18.6. The van der Waals surface area contributed by atoms with Gasteiger partial charge in [-0.15, -0.1) is 0 Å². The first-order valence-corrected chi connectivity index (χ1v) is 13.9. The predicted molar refractivity (Wildman–Crippen MR) is 137 cm³/mol. The second-order valence-corrected chi connectivity index (χ2v) is 9.42. The highest BCUT2D eigenvalue weighted by atomic mass is 16.6. The molecular weight excluding hydrogens is 450 g/mol. The number of hydrogen-bond acceptors (Lipinski definition) is 5. The van der Waals surface area contributed by atoms with Crippen LogP contribution in [0.1, 0.15) is 116 Å². The lowest BCUT2D eigenvalue weighted by atomic mass is 10.1. The number of carbonyl (C=O) groups is 3. The Morgan fingerprint density at radius 2 is 1.31 bits per heavy atom. The second-order valence-electron chi connectivity index (χ2n) is 9.42. The number of likely N-dealkylation sites (tertiary alicyclic amines) is 1. The quantitative estimate of drug-likeness (QED) is 0.177. The third-order valence-corrected chi connectivity index (χ3v) is 6.31. The number of hydrogen-bond donors (Lipinski definition) is 3. The summed E-state index contributed by atoms with van der Waals surface area (Å²) in [5.41, 5.74) is 0. The molecule has 0 spiro atoms. The van der Waals surface area contributed by atoms with E-state index in [0.29, 0.717) is 32.7 Å². The molecule has 9 heteroatoms. The van der Waals surface area contributed by atoms with Crippen LogP contribution in [0.15, 0.2) is 0 Å². The number of carbonyl (C=O) groups excluding carboxylic acids is 2. The van der Waals surface area contributed by atoms with Gasteiger partial charge in [-0.3, -0.25) is 4.90 Å². The number of piperidine rings is 1. The van der Waals surface area contributed by atoms with Crippen LogP contribution in [0.4, 0.5) is 14.4 Å². The van der Waals surface area contributed by atoms with Crippen LogP contribution in [-0.2, 0) is 9.47 Å². The highest BCUT2D eigenvalue weighted by Gasteiger charge is 2.29. The smallest absolute Gasteiger partial charge is 0.410 e. The Balaban J connectivity index is 1.82. The van der Waals surface area contributed by atoms with E-state index in [1.165, 1.54) is 49.8 Å². The molecule has 0 saturated carbocycles. The van der Waals surface area contributed by atoms with Gasteiger partial charge in [0.2, 0.25) is 0 Å². The molecule has 1 aliphatic heterocycles. The minimum absolute atomic E-state index is 0.289. The first kappa shape index (κ1) is 30.8. The molecule has 1 aliphatic rings. The van der Waals surface area contributed by atoms with Crippen molar-refractivity contribution in [3.8, 4) is 0 Å². The standard InChI is InChI=1S/C26H49N3O6/c1-2-3-4-14-19-27-24(30)34-22-17-12-10-8-6-5-7-9-11-15-20-28-25(31)35-23-18-13-16-21-29(23)26(32)33/h23H,2-22H2,1H3,(H,27,30)(H,28,31)(H,32,33). The fraction of sp³-hybridized carbons (Fsp3) is 0.885. The molecule has 0 aromatic carbocycles. The Bertz CT molecular complexity index is 575. The number of ether oxygens (including phenoxy) is 2. The van der Waals surface area contributed by atoms with Crippen molar-refractivity contribution in [2.24, 2.45) is 0 Å². The topological polar surface area (TPSA) is 117 Å². The summed E-state index contributed by atoms with van der Waals surface area (Å²) in [5, 5.41) is 14.7. The van der Waals surface area contributed by atoms with Crippen molar-refractivity contribution >= 4 is 18.3 Å². The van der Waals surface area contributed by atoms with E-state index in [1.807, 2.05) is 0 Å². The molecule has 204 valence electrons. The molecule has 3 amide bonds. The molecule has 0 aliphatic carbocycles. The second kappa shape index (κ2) is 21.1. The number of nitrogens with one attached hydrogen (secondary N) is 2. The van der Waals surface area contributed by atoms with Crippen LogP contribution >= 0.6 is 0 Å². The first-order valence-electron chi connectivity index (χ1n) is 13.9. The molecule has 0 bridgehead atoms.